The van der Waals surface area contributed by atoms with Crippen molar-refractivity contribution in [2.45, 2.75) is 52.1 Å². The summed E-state index contributed by atoms with van der Waals surface area (Å²) >= 11 is 0. The number of hydrogen-bond donors (Lipinski definition) is 2. The van der Waals surface area contributed by atoms with Crippen molar-refractivity contribution < 1.29 is 19.2 Å². The highest BCUT2D eigenvalue weighted by molar-refractivity contribution is 6.04. The molecular formula is C20H27N3O4. The summed E-state index contributed by atoms with van der Waals surface area (Å²) in [5.74, 6) is -0.226. The molecule has 0 aliphatic carbocycles. The van der Waals surface area contributed by atoms with Crippen LogP contribution in [0.2, 0.25) is 0 Å². The van der Waals surface area contributed by atoms with Crippen LogP contribution in [0.25, 0.3) is 0 Å². The Hall–Kier alpha value is -2.70. The maximum atomic E-state index is 12.8. The molecule has 1 aliphatic rings. The molecule has 2 rings (SSSR count). The number of carbonyl (C=O) groups excluding carboxylic acids is 4. The van der Waals surface area contributed by atoms with Gasteiger partial charge < -0.3 is 20.3 Å². The minimum absolute atomic E-state index is 0.0909. The summed E-state index contributed by atoms with van der Waals surface area (Å²) in [6, 6.07) is 4.47. The van der Waals surface area contributed by atoms with Gasteiger partial charge in [0.1, 0.15) is 12.3 Å². The van der Waals surface area contributed by atoms with E-state index in [2.05, 4.69) is 24.5 Å². The molecular weight excluding hydrogens is 346 g/mol. The van der Waals surface area contributed by atoms with E-state index >= 15 is 0 Å². The van der Waals surface area contributed by atoms with Crippen LogP contribution in [-0.2, 0) is 20.9 Å². The number of rotatable bonds is 9. The minimum Gasteiger partial charge on any atom is -0.357 e. The molecule has 1 aliphatic heterocycles. The topological polar surface area (TPSA) is 95.6 Å². The smallest absolute Gasteiger partial charge is 0.255 e. The highest BCUT2D eigenvalue weighted by Gasteiger charge is 2.37. The van der Waals surface area contributed by atoms with Crippen molar-refractivity contribution in [1.82, 2.24) is 10.2 Å². The molecule has 1 atom stereocenters. The third kappa shape index (κ3) is 4.93. The van der Waals surface area contributed by atoms with Crippen molar-refractivity contribution in [3.05, 3.63) is 29.3 Å². The molecule has 1 aromatic carbocycles. The van der Waals surface area contributed by atoms with E-state index in [4.69, 9.17) is 0 Å². The summed E-state index contributed by atoms with van der Waals surface area (Å²) < 4.78 is 0. The van der Waals surface area contributed by atoms with Gasteiger partial charge in [-0.3, -0.25) is 14.4 Å². The predicted octanol–water partition coefficient (Wildman–Crippen LogP) is 2.11. The summed E-state index contributed by atoms with van der Waals surface area (Å²) in [6.07, 6.45) is 2.40. The molecule has 146 valence electrons. The Morgan fingerprint density at radius 3 is 2.63 bits per heavy atom. The van der Waals surface area contributed by atoms with Crippen LogP contribution in [0, 0.1) is 5.92 Å². The number of benzene rings is 1. The van der Waals surface area contributed by atoms with Crippen LogP contribution in [0.15, 0.2) is 18.2 Å². The molecule has 0 radical (unpaired) electrons. The number of nitrogens with one attached hydrogen (secondary N) is 2. The maximum absolute atomic E-state index is 12.8. The zero-order valence-corrected chi connectivity index (χ0v) is 16.1. The van der Waals surface area contributed by atoms with Gasteiger partial charge >= 0.3 is 0 Å². The lowest BCUT2D eigenvalue weighted by atomic mass is 10.1. The average Bonchev–Trinajstić information content (AvgIpc) is 2.98. The van der Waals surface area contributed by atoms with Crippen molar-refractivity contribution in [2.75, 3.05) is 12.4 Å². The number of amides is 3. The van der Waals surface area contributed by atoms with Gasteiger partial charge in [0.25, 0.3) is 5.91 Å². The Kier molecular flexibility index (Phi) is 7.10. The van der Waals surface area contributed by atoms with Crippen LogP contribution in [-0.4, -0.2) is 42.0 Å². The van der Waals surface area contributed by atoms with Crippen LogP contribution >= 0.6 is 0 Å². The van der Waals surface area contributed by atoms with Crippen molar-refractivity contribution in [3.8, 4) is 0 Å². The van der Waals surface area contributed by atoms with Gasteiger partial charge in [0.15, 0.2) is 0 Å². The fourth-order valence-corrected chi connectivity index (χ4v) is 3.18. The molecule has 2 N–H and O–H groups in total. The van der Waals surface area contributed by atoms with E-state index in [0.717, 1.165) is 12.7 Å². The van der Waals surface area contributed by atoms with E-state index < -0.39 is 6.04 Å². The Labute approximate surface area is 159 Å². The first-order valence-corrected chi connectivity index (χ1v) is 9.27. The number of aldehydes is 1. The first-order valence-electron chi connectivity index (χ1n) is 9.27. The number of fused-ring (bicyclic) bond motifs is 1. The van der Waals surface area contributed by atoms with Crippen molar-refractivity contribution in [1.29, 1.82) is 0 Å². The lowest BCUT2D eigenvalue weighted by molar-refractivity contribution is -0.125. The van der Waals surface area contributed by atoms with Gasteiger partial charge in [0.05, 0.1) is 0 Å². The van der Waals surface area contributed by atoms with Crippen molar-refractivity contribution in [2.24, 2.45) is 5.92 Å². The third-order valence-corrected chi connectivity index (χ3v) is 4.70. The predicted molar refractivity (Wildman–Crippen MR) is 102 cm³/mol. The van der Waals surface area contributed by atoms with Gasteiger partial charge in [0.2, 0.25) is 11.8 Å². The van der Waals surface area contributed by atoms with Crippen LogP contribution in [0.4, 0.5) is 5.69 Å². The van der Waals surface area contributed by atoms with Crippen molar-refractivity contribution in [3.63, 3.8) is 0 Å². The third-order valence-electron chi connectivity index (χ3n) is 4.70. The zero-order chi connectivity index (χ0) is 20.0. The molecule has 3 amide bonds. The fraction of sp³-hybridized carbons (Fsp3) is 0.500. The van der Waals surface area contributed by atoms with Gasteiger partial charge in [-0.25, -0.2) is 0 Å². The second-order valence-electron chi connectivity index (χ2n) is 7.12. The summed E-state index contributed by atoms with van der Waals surface area (Å²) in [6.45, 7) is 4.34. The number of hydrogen-bond acceptors (Lipinski definition) is 4. The normalized spacial score (nSPS) is 14.1. The quantitative estimate of drug-likeness (QED) is 0.648. The van der Waals surface area contributed by atoms with Gasteiger partial charge in [-0.2, -0.15) is 0 Å². The van der Waals surface area contributed by atoms with Crippen LogP contribution in [0.5, 0.6) is 0 Å². The first-order chi connectivity index (χ1) is 12.9. The van der Waals surface area contributed by atoms with Gasteiger partial charge in [0, 0.05) is 43.2 Å². The molecule has 1 heterocycles. The minimum atomic E-state index is -0.718. The molecule has 0 bridgehead atoms. The highest BCUT2D eigenvalue weighted by atomic mass is 16.2. The number of carbonyl (C=O) groups is 4. The lowest BCUT2D eigenvalue weighted by Gasteiger charge is -2.25. The molecule has 0 fully saturated rings. The standard InChI is InChI=1S/C20H27N3O4/c1-13(2)9-10-18(25)22-16-7-4-6-14-15(16)12-23(20(14)27)17(8-5-11-24)19(26)21-3/h4,6-7,11,13,17H,5,8-10,12H2,1-3H3,(H,21,26)(H,22,25). The fourth-order valence-electron chi connectivity index (χ4n) is 3.18. The summed E-state index contributed by atoms with van der Waals surface area (Å²) in [4.78, 5) is 49.4. The summed E-state index contributed by atoms with van der Waals surface area (Å²) in [5, 5.41) is 5.44. The molecule has 0 saturated carbocycles. The van der Waals surface area contributed by atoms with Crippen LogP contribution in [0.3, 0.4) is 0 Å². The molecule has 7 nitrogen and oxygen atoms in total. The Morgan fingerprint density at radius 2 is 2.00 bits per heavy atom. The van der Waals surface area contributed by atoms with E-state index in [1.54, 1.807) is 18.2 Å². The molecule has 0 aromatic heterocycles. The van der Waals surface area contributed by atoms with Crippen LogP contribution in [0.1, 0.15) is 55.5 Å². The number of anilines is 1. The zero-order valence-electron chi connectivity index (χ0n) is 16.1. The molecule has 0 spiro atoms. The summed E-state index contributed by atoms with van der Waals surface area (Å²) in [7, 11) is 1.50. The van der Waals surface area contributed by atoms with Crippen LogP contribution < -0.4 is 10.6 Å². The van der Waals surface area contributed by atoms with E-state index in [1.807, 2.05) is 0 Å². The van der Waals surface area contributed by atoms with Crippen molar-refractivity contribution >= 4 is 29.7 Å². The Morgan fingerprint density at radius 1 is 1.26 bits per heavy atom. The highest BCUT2D eigenvalue weighted by Crippen LogP contribution is 2.31. The largest absolute Gasteiger partial charge is 0.357 e. The Bertz CT molecular complexity index is 730. The first kappa shape index (κ1) is 20.6. The SMILES string of the molecule is CNC(=O)C(CCC=O)N1Cc2c(NC(=O)CCC(C)C)cccc2C1=O. The van der Waals surface area contributed by atoms with Gasteiger partial charge in [-0.1, -0.05) is 19.9 Å². The van der Waals surface area contributed by atoms with Gasteiger partial charge in [-0.05, 0) is 30.9 Å². The van der Waals surface area contributed by atoms with Gasteiger partial charge in [-0.15, -0.1) is 0 Å². The molecule has 1 aromatic rings. The second kappa shape index (κ2) is 9.30. The Balaban J connectivity index is 2.21. The lowest BCUT2D eigenvalue weighted by Crippen LogP contribution is -2.46. The van der Waals surface area contributed by atoms with E-state index in [-0.39, 0.29) is 37.1 Å². The second-order valence-corrected chi connectivity index (χ2v) is 7.12. The number of nitrogens with zero attached hydrogens (tertiary/aromatic N) is 1. The van der Waals surface area contributed by atoms with E-state index in [9.17, 15) is 19.2 Å². The molecule has 7 heteroatoms. The maximum Gasteiger partial charge on any atom is 0.255 e. The van der Waals surface area contributed by atoms with E-state index in [1.165, 1.54) is 11.9 Å². The van der Waals surface area contributed by atoms with E-state index in [0.29, 0.717) is 29.2 Å². The average molecular weight is 373 g/mol. The summed E-state index contributed by atoms with van der Waals surface area (Å²) in [5.41, 5.74) is 1.79. The molecule has 1 unspecified atom stereocenters. The number of likely N-dealkylation sites (N-methyl/N-ethyl adjacent to an activating group) is 1. The molecule has 0 saturated heterocycles. The monoisotopic (exact) mass is 373 g/mol. The molecule has 27 heavy (non-hydrogen) atoms.